The summed E-state index contributed by atoms with van der Waals surface area (Å²) in [7, 11) is 0. The summed E-state index contributed by atoms with van der Waals surface area (Å²) in [5.74, 6) is 0.564. The Labute approximate surface area is 89.3 Å². The second-order valence-electron chi connectivity index (χ2n) is 4.48. The molecule has 0 spiro atoms. The standard InChI is InChI=1S/C11H16FN3/c1-11(2)8-13-5-6-15(11)10-4-3-9(12)7-14-10/h3-4,7,13H,5-6,8H2,1-2H3. The molecule has 0 aliphatic carbocycles. The van der Waals surface area contributed by atoms with Crippen LogP contribution in [0.25, 0.3) is 0 Å². The summed E-state index contributed by atoms with van der Waals surface area (Å²) in [5, 5.41) is 3.34. The molecule has 2 heterocycles. The monoisotopic (exact) mass is 209 g/mol. The normalized spacial score (nSPS) is 20.3. The maximum atomic E-state index is 12.8. The Hall–Kier alpha value is -1.16. The zero-order valence-corrected chi connectivity index (χ0v) is 9.13. The predicted molar refractivity (Wildman–Crippen MR) is 58.5 cm³/mol. The topological polar surface area (TPSA) is 28.2 Å². The lowest BCUT2D eigenvalue weighted by atomic mass is 10.0. The molecule has 1 fully saturated rings. The smallest absolute Gasteiger partial charge is 0.141 e. The SMILES string of the molecule is CC1(C)CNCCN1c1ccc(F)cn1. The van der Waals surface area contributed by atoms with E-state index in [2.05, 4.69) is 29.0 Å². The van der Waals surface area contributed by atoms with Crippen LogP contribution < -0.4 is 10.2 Å². The van der Waals surface area contributed by atoms with E-state index in [4.69, 9.17) is 0 Å². The predicted octanol–water partition coefficient (Wildman–Crippen LogP) is 1.41. The van der Waals surface area contributed by atoms with E-state index in [1.165, 1.54) is 12.3 Å². The van der Waals surface area contributed by atoms with Crippen molar-refractivity contribution in [3.05, 3.63) is 24.1 Å². The Morgan fingerprint density at radius 3 is 2.87 bits per heavy atom. The number of rotatable bonds is 1. The van der Waals surface area contributed by atoms with Crippen molar-refractivity contribution in [2.45, 2.75) is 19.4 Å². The molecule has 1 N–H and O–H groups in total. The van der Waals surface area contributed by atoms with Crippen molar-refractivity contribution in [2.24, 2.45) is 0 Å². The molecule has 2 rings (SSSR count). The van der Waals surface area contributed by atoms with Crippen LogP contribution in [0, 0.1) is 5.82 Å². The van der Waals surface area contributed by atoms with Crippen LogP contribution in [0.5, 0.6) is 0 Å². The Bertz CT molecular complexity index is 334. The maximum Gasteiger partial charge on any atom is 0.141 e. The van der Waals surface area contributed by atoms with Gasteiger partial charge in [0.05, 0.1) is 6.20 Å². The van der Waals surface area contributed by atoms with Crippen LogP contribution in [0.15, 0.2) is 18.3 Å². The average molecular weight is 209 g/mol. The molecule has 82 valence electrons. The van der Waals surface area contributed by atoms with Gasteiger partial charge in [0.15, 0.2) is 0 Å². The fourth-order valence-electron chi connectivity index (χ4n) is 1.94. The van der Waals surface area contributed by atoms with Gasteiger partial charge in [0.1, 0.15) is 11.6 Å². The van der Waals surface area contributed by atoms with Gasteiger partial charge in [-0.2, -0.15) is 0 Å². The van der Waals surface area contributed by atoms with Crippen LogP contribution in [0.2, 0.25) is 0 Å². The summed E-state index contributed by atoms with van der Waals surface area (Å²) in [4.78, 5) is 6.33. The minimum Gasteiger partial charge on any atom is -0.349 e. The molecule has 1 saturated heterocycles. The first-order valence-corrected chi connectivity index (χ1v) is 5.19. The van der Waals surface area contributed by atoms with E-state index < -0.39 is 0 Å². The molecule has 15 heavy (non-hydrogen) atoms. The highest BCUT2D eigenvalue weighted by molar-refractivity contribution is 5.42. The van der Waals surface area contributed by atoms with Crippen molar-refractivity contribution < 1.29 is 4.39 Å². The fraction of sp³-hybridized carbons (Fsp3) is 0.545. The number of aromatic nitrogens is 1. The van der Waals surface area contributed by atoms with E-state index in [-0.39, 0.29) is 11.4 Å². The van der Waals surface area contributed by atoms with Crippen LogP contribution in [0.1, 0.15) is 13.8 Å². The average Bonchev–Trinajstić information content (AvgIpc) is 2.19. The second kappa shape index (κ2) is 3.77. The van der Waals surface area contributed by atoms with Crippen molar-refractivity contribution in [1.29, 1.82) is 0 Å². The molecule has 4 heteroatoms. The molecule has 0 unspecified atom stereocenters. The highest BCUT2D eigenvalue weighted by atomic mass is 19.1. The van der Waals surface area contributed by atoms with Crippen molar-refractivity contribution >= 4 is 5.82 Å². The molecule has 1 aromatic rings. The maximum absolute atomic E-state index is 12.8. The van der Waals surface area contributed by atoms with Crippen molar-refractivity contribution in [1.82, 2.24) is 10.3 Å². The third-order valence-corrected chi connectivity index (χ3v) is 2.79. The van der Waals surface area contributed by atoms with Crippen LogP contribution in [-0.2, 0) is 0 Å². The first-order valence-electron chi connectivity index (χ1n) is 5.19. The number of hydrogen-bond donors (Lipinski definition) is 1. The van der Waals surface area contributed by atoms with E-state index in [0.717, 1.165) is 25.5 Å². The van der Waals surface area contributed by atoms with Crippen molar-refractivity contribution in [3.8, 4) is 0 Å². The summed E-state index contributed by atoms with van der Waals surface area (Å²) < 4.78 is 12.8. The van der Waals surface area contributed by atoms with E-state index >= 15 is 0 Å². The third kappa shape index (κ3) is 2.09. The Kier molecular flexibility index (Phi) is 2.61. The van der Waals surface area contributed by atoms with Gasteiger partial charge in [0.2, 0.25) is 0 Å². The van der Waals surface area contributed by atoms with Crippen LogP contribution in [0.3, 0.4) is 0 Å². The van der Waals surface area contributed by atoms with E-state index in [0.29, 0.717) is 0 Å². The molecular formula is C11H16FN3. The second-order valence-corrected chi connectivity index (χ2v) is 4.48. The van der Waals surface area contributed by atoms with Gasteiger partial charge in [-0.1, -0.05) is 0 Å². The Morgan fingerprint density at radius 2 is 2.27 bits per heavy atom. The first-order chi connectivity index (χ1) is 7.09. The molecular weight excluding hydrogens is 193 g/mol. The van der Waals surface area contributed by atoms with Gasteiger partial charge >= 0.3 is 0 Å². The Balaban J connectivity index is 2.25. The molecule has 1 aliphatic heterocycles. The summed E-state index contributed by atoms with van der Waals surface area (Å²) >= 11 is 0. The lowest BCUT2D eigenvalue weighted by Gasteiger charge is -2.43. The van der Waals surface area contributed by atoms with Crippen LogP contribution in [0.4, 0.5) is 10.2 Å². The molecule has 1 aromatic heterocycles. The molecule has 0 amide bonds. The molecule has 0 aromatic carbocycles. The van der Waals surface area contributed by atoms with Gasteiger partial charge in [-0.05, 0) is 26.0 Å². The van der Waals surface area contributed by atoms with Gasteiger partial charge in [-0.3, -0.25) is 0 Å². The minimum absolute atomic E-state index is 0.0308. The first kappa shape index (κ1) is 10.4. The number of nitrogens with zero attached hydrogens (tertiary/aromatic N) is 2. The van der Waals surface area contributed by atoms with Gasteiger partial charge in [-0.15, -0.1) is 0 Å². The number of pyridine rings is 1. The van der Waals surface area contributed by atoms with E-state index in [9.17, 15) is 4.39 Å². The molecule has 0 bridgehead atoms. The lowest BCUT2D eigenvalue weighted by molar-refractivity contribution is 0.377. The summed E-state index contributed by atoms with van der Waals surface area (Å²) in [6.07, 6.45) is 1.27. The van der Waals surface area contributed by atoms with Crippen molar-refractivity contribution in [3.63, 3.8) is 0 Å². The van der Waals surface area contributed by atoms with Crippen LogP contribution >= 0.6 is 0 Å². The van der Waals surface area contributed by atoms with Gasteiger partial charge < -0.3 is 10.2 Å². The molecule has 0 saturated carbocycles. The number of hydrogen-bond acceptors (Lipinski definition) is 3. The number of nitrogens with one attached hydrogen (secondary N) is 1. The fourth-order valence-corrected chi connectivity index (χ4v) is 1.94. The molecule has 3 nitrogen and oxygen atoms in total. The highest BCUT2D eigenvalue weighted by Gasteiger charge is 2.30. The third-order valence-electron chi connectivity index (χ3n) is 2.79. The number of halogens is 1. The van der Waals surface area contributed by atoms with E-state index in [1.807, 2.05) is 0 Å². The largest absolute Gasteiger partial charge is 0.349 e. The number of piperazine rings is 1. The van der Waals surface area contributed by atoms with Crippen LogP contribution in [-0.4, -0.2) is 30.2 Å². The molecule has 1 aliphatic rings. The summed E-state index contributed by atoms with van der Waals surface area (Å²) in [5.41, 5.74) is 0.0308. The highest BCUT2D eigenvalue weighted by Crippen LogP contribution is 2.23. The lowest BCUT2D eigenvalue weighted by Crippen LogP contribution is -2.58. The van der Waals surface area contributed by atoms with E-state index in [1.54, 1.807) is 6.07 Å². The Morgan fingerprint density at radius 1 is 1.47 bits per heavy atom. The van der Waals surface area contributed by atoms with Gasteiger partial charge in [-0.25, -0.2) is 9.37 Å². The van der Waals surface area contributed by atoms with Gasteiger partial charge in [0, 0.05) is 25.2 Å². The quantitative estimate of drug-likeness (QED) is 0.758. The minimum atomic E-state index is -0.285. The molecule has 0 radical (unpaired) electrons. The molecule has 0 atom stereocenters. The summed E-state index contributed by atoms with van der Waals surface area (Å²) in [6, 6.07) is 3.20. The summed E-state index contributed by atoms with van der Waals surface area (Å²) in [6.45, 7) is 7.09. The van der Waals surface area contributed by atoms with Gasteiger partial charge in [0.25, 0.3) is 0 Å². The number of anilines is 1. The van der Waals surface area contributed by atoms with Crippen molar-refractivity contribution in [2.75, 3.05) is 24.5 Å². The zero-order chi connectivity index (χ0) is 10.9. The zero-order valence-electron chi connectivity index (χ0n) is 9.13.